The van der Waals surface area contributed by atoms with Gasteiger partial charge in [-0.25, -0.2) is 4.98 Å². The maximum atomic E-state index is 4.45. The maximum absolute atomic E-state index is 4.45. The van der Waals surface area contributed by atoms with Crippen molar-refractivity contribution in [2.75, 3.05) is 0 Å². The summed E-state index contributed by atoms with van der Waals surface area (Å²) in [5.41, 5.74) is 4.02. The maximum Gasteiger partial charge on any atom is 0.113 e. The molecule has 0 radical (unpaired) electrons. The van der Waals surface area contributed by atoms with E-state index < -0.39 is 0 Å². The number of nitrogens with zero attached hydrogens (tertiary/aromatic N) is 2. The van der Waals surface area contributed by atoms with E-state index in [9.17, 15) is 0 Å². The van der Waals surface area contributed by atoms with E-state index in [0.29, 0.717) is 0 Å². The zero-order valence-electron chi connectivity index (χ0n) is 13.9. The van der Waals surface area contributed by atoms with Gasteiger partial charge < -0.3 is 9.88 Å². The van der Waals surface area contributed by atoms with Crippen LogP contribution in [0.25, 0.3) is 5.69 Å². The van der Waals surface area contributed by atoms with Gasteiger partial charge in [-0.3, -0.25) is 0 Å². The van der Waals surface area contributed by atoms with Gasteiger partial charge >= 0.3 is 0 Å². The fourth-order valence-corrected chi connectivity index (χ4v) is 2.37. The van der Waals surface area contributed by atoms with Gasteiger partial charge in [0.15, 0.2) is 0 Å². The van der Waals surface area contributed by atoms with Gasteiger partial charge in [-0.2, -0.15) is 0 Å². The van der Waals surface area contributed by atoms with E-state index in [1.54, 1.807) is 0 Å². The minimum atomic E-state index is 0.143. The third-order valence-corrected chi connectivity index (χ3v) is 3.60. The molecule has 0 atom stereocenters. The molecular formula is C18H27N3. The summed E-state index contributed by atoms with van der Waals surface area (Å²) in [6.07, 6.45) is 6.06. The lowest BCUT2D eigenvalue weighted by molar-refractivity contribution is 0.424. The first-order chi connectivity index (χ1) is 9.90. The van der Waals surface area contributed by atoms with E-state index in [0.717, 1.165) is 25.2 Å². The van der Waals surface area contributed by atoms with Crippen molar-refractivity contribution in [1.29, 1.82) is 0 Å². The molecule has 0 unspecified atom stereocenters. The molecule has 2 aromatic rings. The van der Waals surface area contributed by atoms with E-state index in [1.165, 1.54) is 16.8 Å². The fourth-order valence-electron chi connectivity index (χ4n) is 2.37. The molecule has 2 rings (SSSR count). The summed E-state index contributed by atoms with van der Waals surface area (Å²) in [4.78, 5) is 4.45. The number of benzene rings is 1. The highest BCUT2D eigenvalue weighted by molar-refractivity contribution is 5.41. The molecule has 0 aliphatic heterocycles. The van der Waals surface area contributed by atoms with E-state index in [-0.39, 0.29) is 5.54 Å². The molecule has 1 N–H and O–H groups in total. The van der Waals surface area contributed by atoms with Crippen molar-refractivity contribution in [3.63, 3.8) is 0 Å². The number of imidazole rings is 1. The first kappa shape index (κ1) is 15.8. The third-order valence-electron chi connectivity index (χ3n) is 3.60. The Morgan fingerprint density at radius 2 is 2.00 bits per heavy atom. The molecule has 0 aliphatic carbocycles. The number of hydrogen-bond donors (Lipinski definition) is 1. The molecule has 0 saturated carbocycles. The standard InChI is InChI=1S/C18H27N3/c1-6-7-17-19-10-11-21(17)16-9-8-15(14(2)12-16)13-20-18(3,4)5/h8-12,20H,6-7,13H2,1-5H3. The number of rotatable bonds is 5. The normalized spacial score (nSPS) is 11.9. The predicted octanol–water partition coefficient (Wildman–Crippen LogP) is 4.02. The molecule has 0 aliphatic rings. The lowest BCUT2D eigenvalue weighted by Crippen LogP contribution is -2.35. The number of aryl methyl sites for hydroxylation is 2. The average Bonchev–Trinajstić information content (AvgIpc) is 2.85. The summed E-state index contributed by atoms with van der Waals surface area (Å²) in [7, 11) is 0. The summed E-state index contributed by atoms with van der Waals surface area (Å²) >= 11 is 0. The van der Waals surface area contributed by atoms with E-state index in [2.05, 4.69) is 67.7 Å². The van der Waals surface area contributed by atoms with Gasteiger partial charge in [0.1, 0.15) is 5.82 Å². The molecule has 114 valence electrons. The molecule has 0 fully saturated rings. The Morgan fingerprint density at radius 1 is 1.24 bits per heavy atom. The lowest BCUT2D eigenvalue weighted by Gasteiger charge is -2.21. The Labute approximate surface area is 128 Å². The van der Waals surface area contributed by atoms with E-state index in [1.807, 2.05) is 12.4 Å². The average molecular weight is 285 g/mol. The Bertz CT molecular complexity index is 591. The Balaban J connectivity index is 2.20. The van der Waals surface area contributed by atoms with Crippen LogP contribution in [0.3, 0.4) is 0 Å². The Hall–Kier alpha value is -1.61. The quantitative estimate of drug-likeness (QED) is 0.899. The highest BCUT2D eigenvalue weighted by Gasteiger charge is 2.10. The Morgan fingerprint density at radius 3 is 2.62 bits per heavy atom. The number of aromatic nitrogens is 2. The number of hydrogen-bond acceptors (Lipinski definition) is 2. The first-order valence-corrected chi connectivity index (χ1v) is 7.78. The number of nitrogens with one attached hydrogen (secondary N) is 1. The summed E-state index contributed by atoms with van der Waals surface area (Å²) in [5.74, 6) is 1.14. The van der Waals surface area contributed by atoms with Gasteiger partial charge in [-0.1, -0.05) is 13.0 Å². The lowest BCUT2D eigenvalue weighted by atomic mass is 10.0. The van der Waals surface area contributed by atoms with Crippen molar-refractivity contribution in [1.82, 2.24) is 14.9 Å². The molecule has 0 saturated heterocycles. The minimum absolute atomic E-state index is 0.143. The van der Waals surface area contributed by atoms with Crippen molar-refractivity contribution < 1.29 is 0 Å². The fraction of sp³-hybridized carbons (Fsp3) is 0.500. The van der Waals surface area contributed by atoms with Gasteiger partial charge in [-0.05, 0) is 57.4 Å². The van der Waals surface area contributed by atoms with Gasteiger partial charge in [0.2, 0.25) is 0 Å². The highest BCUT2D eigenvalue weighted by atomic mass is 15.1. The second-order valence-corrected chi connectivity index (χ2v) is 6.68. The van der Waals surface area contributed by atoms with Crippen molar-refractivity contribution in [2.45, 2.75) is 59.5 Å². The summed E-state index contributed by atoms with van der Waals surface area (Å²) in [5, 5.41) is 3.55. The molecule has 1 aromatic carbocycles. The minimum Gasteiger partial charge on any atom is -0.308 e. The van der Waals surface area contributed by atoms with Crippen LogP contribution in [0.15, 0.2) is 30.6 Å². The third kappa shape index (κ3) is 4.18. The van der Waals surface area contributed by atoms with Gasteiger partial charge in [0.25, 0.3) is 0 Å². The molecule has 1 aromatic heterocycles. The van der Waals surface area contributed by atoms with Crippen LogP contribution in [-0.4, -0.2) is 15.1 Å². The summed E-state index contributed by atoms with van der Waals surface area (Å²) in [6.45, 7) is 11.9. The van der Waals surface area contributed by atoms with E-state index >= 15 is 0 Å². The molecule has 21 heavy (non-hydrogen) atoms. The predicted molar refractivity (Wildman–Crippen MR) is 88.9 cm³/mol. The monoisotopic (exact) mass is 285 g/mol. The van der Waals surface area contributed by atoms with Crippen LogP contribution >= 0.6 is 0 Å². The van der Waals surface area contributed by atoms with Crippen LogP contribution in [0.4, 0.5) is 0 Å². The molecule has 0 spiro atoms. The summed E-state index contributed by atoms with van der Waals surface area (Å²) < 4.78 is 2.19. The van der Waals surface area contributed by atoms with Crippen LogP contribution in [-0.2, 0) is 13.0 Å². The van der Waals surface area contributed by atoms with Crippen molar-refractivity contribution in [2.24, 2.45) is 0 Å². The SMILES string of the molecule is CCCc1nccn1-c1ccc(CNC(C)(C)C)c(C)c1. The van der Waals surface area contributed by atoms with Gasteiger partial charge in [0, 0.05) is 36.6 Å². The largest absolute Gasteiger partial charge is 0.308 e. The molecule has 1 heterocycles. The van der Waals surface area contributed by atoms with Crippen LogP contribution in [0, 0.1) is 6.92 Å². The topological polar surface area (TPSA) is 29.9 Å². The smallest absolute Gasteiger partial charge is 0.113 e. The van der Waals surface area contributed by atoms with Crippen molar-refractivity contribution >= 4 is 0 Å². The van der Waals surface area contributed by atoms with Crippen LogP contribution in [0.5, 0.6) is 0 Å². The summed E-state index contributed by atoms with van der Waals surface area (Å²) in [6, 6.07) is 6.66. The highest BCUT2D eigenvalue weighted by Crippen LogP contribution is 2.17. The van der Waals surface area contributed by atoms with Gasteiger partial charge in [-0.15, -0.1) is 0 Å². The Kier molecular flexibility index (Phi) is 4.84. The zero-order valence-corrected chi connectivity index (χ0v) is 13.9. The molecule has 0 amide bonds. The molecule has 3 nitrogen and oxygen atoms in total. The molecule has 3 heteroatoms. The van der Waals surface area contributed by atoms with Crippen LogP contribution < -0.4 is 5.32 Å². The van der Waals surface area contributed by atoms with E-state index in [4.69, 9.17) is 0 Å². The first-order valence-electron chi connectivity index (χ1n) is 7.78. The molecular weight excluding hydrogens is 258 g/mol. The second-order valence-electron chi connectivity index (χ2n) is 6.68. The van der Waals surface area contributed by atoms with Crippen LogP contribution in [0.1, 0.15) is 51.1 Å². The van der Waals surface area contributed by atoms with Gasteiger partial charge in [0.05, 0.1) is 0 Å². The molecule has 0 bridgehead atoms. The van der Waals surface area contributed by atoms with Crippen LogP contribution in [0.2, 0.25) is 0 Å². The second kappa shape index (κ2) is 6.44. The van der Waals surface area contributed by atoms with Crippen molar-refractivity contribution in [3.05, 3.63) is 47.5 Å². The zero-order chi connectivity index (χ0) is 15.5. The van der Waals surface area contributed by atoms with Crippen molar-refractivity contribution in [3.8, 4) is 5.69 Å².